The topological polar surface area (TPSA) is 83.6 Å². The third-order valence-electron chi connectivity index (χ3n) is 3.62. The first-order valence-electron chi connectivity index (χ1n) is 9.15. The minimum atomic E-state index is 0. The third kappa shape index (κ3) is 8.06. The summed E-state index contributed by atoms with van der Waals surface area (Å²) in [6.45, 7) is 9.38. The van der Waals surface area contributed by atoms with E-state index in [-0.39, 0.29) is 24.0 Å². The zero-order valence-corrected chi connectivity index (χ0v) is 18.6. The average molecular weight is 487 g/mol. The summed E-state index contributed by atoms with van der Waals surface area (Å²) < 4.78 is 11.3. The zero-order valence-electron chi connectivity index (χ0n) is 16.2. The van der Waals surface area contributed by atoms with Gasteiger partial charge in [-0.15, -0.1) is 24.0 Å². The molecule has 0 radical (unpaired) electrons. The van der Waals surface area contributed by atoms with Crippen molar-refractivity contribution in [3.63, 3.8) is 0 Å². The summed E-state index contributed by atoms with van der Waals surface area (Å²) in [4.78, 5) is 4.55. The maximum absolute atomic E-state index is 5.69. The highest BCUT2D eigenvalue weighted by Crippen LogP contribution is 2.28. The molecule has 1 heterocycles. The summed E-state index contributed by atoms with van der Waals surface area (Å²) in [5.41, 5.74) is 2.17. The van der Waals surface area contributed by atoms with Gasteiger partial charge in [0, 0.05) is 19.3 Å². The summed E-state index contributed by atoms with van der Waals surface area (Å²) in [6.07, 6.45) is 2.59. The lowest BCUT2D eigenvalue weighted by Crippen LogP contribution is -2.38. The number of aromatic nitrogens is 2. The second kappa shape index (κ2) is 13.2. The van der Waals surface area contributed by atoms with Crippen LogP contribution in [0.4, 0.5) is 0 Å². The lowest BCUT2D eigenvalue weighted by Gasteiger charge is -2.14. The van der Waals surface area contributed by atoms with Crippen molar-refractivity contribution in [2.45, 2.75) is 33.7 Å². The van der Waals surface area contributed by atoms with E-state index in [9.17, 15) is 0 Å². The molecule has 7 nitrogen and oxygen atoms in total. The van der Waals surface area contributed by atoms with Crippen molar-refractivity contribution in [2.24, 2.45) is 4.99 Å². The van der Waals surface area contributed by atoms with Gasteiger partial charge in [-0.05, 0) is 51.0 Å². The molecule has 0 atom stereocenters. The average Bonchev–Trinajstić information content (AvgIpc) is 3.16. The fourth-order valence-electron chi connectivity index (χ4n) is 2.45. The second-order valence-corrected chi connectivity index (χ2v) is 5.60. The summed E-state index contributed by atoms with van der Waals surface area (Å²) in [6, 6.07) is 8.01. The van der Waals surface area contributed by atoms with Crippen LogP contribution < -0.4 is 20.1 Å². The molecular weight excluding hydrogens is 457 g/mol. The molecule has 150 valence electrons. The predicted molar refractivity (Wildman–Crippen MR) is 119 cm³/mol. The van der Waals surface area contributed by atoms with Crippen LogP contribution in [0.25, 0.3) is 0 Å². The molecule has 27 heavy (non-hydrogen) atoms. The number of halogens is 1. The molecule has 8 heteroatoms. The number of ether oxygens (including phenoxy) is 2. The quantitative estimate of drug-likeness (QED) is 0.273. The zero-order chi connectivity index (χ0) is 18.6. The SMILES string of the molecule is CCNC(=NCc1ccn[nH]1)NCCc1ccc(OCC)c(OCC)c1.I. The van der Waals surface area contributed by atoms with Gasteiger partial charge in [0.05, 0.1) is 25.5 Å². The Morgan fingerprint density at radius 2 is 1.85 bits per heavy atom. The van der Waals surface area contributed by atoms with Crippen LogP contribution in [0.3, 0.4) is 0 Å². The molecule has 0 saturated heterocycles. The molecule has 2 rings (SSSR count). The monoisotopic (exact) mass is 487 g/mol. The van der Waals surface area contributed by atoms with Crippen LogP contribution in [0.15, 0.2) is 35.5 Å². The van der Waals surface area contributed by atoms with Crippen molar-refractivity contribution in [3.8, 4) is 11.5 Å². The molecule has 0 amide bonds. The highest BCUT2D eigenvalue weighted by atomic mass is 127. The van der Waals surface area contributed by atoms with Crippen molar-refractivity contribution in [1.82, 2.24) is 20.8 Å². The van der Waals surface area contributed by atoms with E-state index >= 15 is 0 Å². The number of hydrogen-bond acceptors (Lipinski definition) is 4. The Kier molecular flexibility index (Phi) is 11.3. The Balaban J connectivity index is 0.00000364. The molecule has 0 unspecified atom stereocenters. The van der Waals surface area contributed by atoms with Gasteiger partial charge in [0.1, 0.15) is 0 Å². The highest BCUT2D eigenvalue weighted by molar-refractivity contribution is 14.0. The molecule has 0 spiro atoms. The van der Waals surface area contributed by atoms with Crippen LogP contribution >= 0.6 is 24.0 Å². The van der Waals surface area contributed by atoms with Crippen molar-refractivity contribution in [2.75, 3.05) is 26.3 Å². The molecule has 3 N–H and O–H groups in total. The molecular formula is C19H30IN5O2. The lowest BCUT2D eigenvalue weighted by atomic mass is 10.1. The van der Waals surface area contributed by atoms with Crippen molar-refractivity contribution < 1.29 is 9.47 Å². The normalized spacial score (nSPS) is 10.9. The highest BCUT2D eigenvalue weighted by Gasteiger charge is 2.06. The lowest BCUT2D eigenvalue weighted by molar-refractivity contribution is 0.287. The number of hydrogen-bond donors (Lipinski definition) is 3. The van der Waals surface area contributed by atoms with E-state index < -0.39 is 0 Å². The summed E-state index contributed by atoms with van der Waals surface area (Å²) in [5, 5.41) is 13.5. The molecule has 0 saturated carbocycles. The third-order valence-corrected chi connectivity index (χ3v) is 3.62. The van der Waals surface area contributed by atoms with E-state index in [1.807, 2.05) is 39.0 Å². The number of guanidine groups is 1. The van der Waals surface area contributed by atoms with Crippen molar-refractivity contribution in [1.29, 1.82) is 0 Å². The van der Waals surface area contributed by atoms with E-state index in [1.54, 1.807) is 6.20 Å². The number of benzene rings is 1. The van der Waals surface area contributed by atoms with Gasteiger partial charge in [-0.1, -0.05) is 6.07 Å². The van der Waals surface area contributed by atoms with Gasteiger partial charge in [-0.3, -0.25) is 5.10 Å². The van der Waals surface area contributed by atoms with Gasteiger partial charge in [0.2, 0.25) is 0 Å². The van der Waals surface area contributed by atoms with Crippen LogP contribution in [0.1, 0.15) is 32.0 Å². The number of aromatic amines is 1. The van der Waals surface area contributed by atoms with Gasteiger partial charge in [-0.25, -0.2) is 4.99 Å². The molecule has 0 fully saturated rings. The molecule has 0 bridgehead atoms. The molecule has 1 aromatic heterocycles. The standard InChI is InChI=1S/C19H29N5O2.HI/c1-4-20-19(22-14-16-10-12-23-24-16)21-11-9-15-7-8-17(25-5-2)18(13-15)26-6-3;/h7-8,10,12-13H,4-6,9,11,14H2,1-3H3,(H,23,24)(H2,20,21,22);1H. The fraction of sp³-hybridized carbons (Fsp3) is 0.474. The number of rotatable bonds is 10. The van der Waals surface area contributed by atoms with E-state index in [2.05, 4.69) is 31.9 Å². The molecule has 0 aliphatic carbocycles. The largest absolute Gasteiger partial charge is 0.490 e. The molecule has 2 aromatic rings. The molecule has 0 aliphatic heterocycles. The number of aliphatic imine (C=N–C) groups is 1. The van der Waals surface area contributed by atoms with Gasteiger partial charge in [0.25, 0.3) is 0 Å². The smallest absolute Gasteiger partial charge is 0.191 e. The van der Waals surface area contributed by atoms with Gasteiger partial charge >= 0.3 is 0 Å². The first kappa shape index (κ1) is 23.1. The van der Waals surface area contributed by atoms with Crippen LogP contribution in [0, 0.1) is 0 Å². The Bertz CT molecular complexity index is 677. The summed E-state index contributed by atoms with van der Waals surface area (Å²) in [7, 11) is 0. The van der Waals surface area contributed by atoms with Crippen LogP contribution in [0.5, 0.6) is 11.5 Å². The van der Waals surface area contributed by atoms with Crippen LogP contribution in [-0.4, -0.2) is 42.5 Å². The van der Waals surface area contributed by atoms with Gasteiger partial charge < -0.3 is 20.1 Å². The minimum Gasteiger partial charge on any atom is -0.490 e. The van der Waals surface area contributed by atoms with E-state index in [0.29, 0.717) is 19.8 Å². The first-order valence-corrected chi connectivity index (χ1v) is 9.15. The Labute approximate surface area is 178 Å². The number of H-pyrrole nitrogens is 1. The fourth-order valence-corrected chi connectivity index (χ4v) is 2.45. The summed E-state index contributed by atoms with van der Waals surface area (Å²) in [5.74, 6) is 2.38. The second-order valence-electron chi connectivity index (χ2n) is 5.60. The first-order chi connectivity index (χ1) is 12.8. The minimum absolute atomic E-state index is 0. The molecule has 0 aliphatic rings. The maximum atomic E-state index is 5.69. The van der Waals surface area contributed by atoms with Crippen LogP contribution in [-0.2, 0) is 13.0 Å². The summed E-state index contributed by atoms with van der Waals surface area (Å²) >= 11 is 0. The Hall–Kier alpha value is -1.97. The van der Waals surface area contributed by atoms with Crippen molar-refractivity contribution in [3.05, 3.63) is 41.7 Å². The Morgan fingerprint density at radius 1 is 1.07 bits per heavy atom. The predicted octanol–water partition coefficient (Wildman–Crippen LogP) is 3.12. The van der Waals surface area contributed by atoms with Crippen molar-refractivity contribution >= 4 is 29.9 Å². The number of nitrogens with zero attached hydrogens (tertiary/aromatic N) is 2. The van der Waals surface area contributed by atoms with E-state index in [1.165, 1.54) is 5.56 Å². The maximum Gasteiger partial charge on any atom is 0.191 e. The van der Waals surface area contributed by atoms with Gasteiger partial charge in [-0.2, -0.15) is 5.10 Å². The van der Waals surface area contributed by atoms with E-state index in [4.69, 9.17) is 9.47 Å². The van der Waals surface area contributed by atoms with E-state index in [0.717, 1.165) is 42.7 Å². The van der Waals surface area contributed by atoms with Crippen LogP contribution in [0.2, 0.25) is 0 Å². The van der Waals surface area contributed by atoms with Gasteiger partial charge in [0.15, 0.2) is 17.5 Å². The molecule has 1 aromatic carbocycles. The Morgan fingerprint density at radius 3 is 2.52 bits per heavy atom. The number of nitrogens with one attached hydrogen (secondary N) is 3.